The van der Waals surface area contributed by atoms with Crippen LogP contribution < -0.4 is 11.4 Å². The number of aromatic nitrogens is 3. The molecule has 2 fully saturated rings. The van der Waals surface area contributed by atoms with E-state index in [1.165, 1.54) is 10.1 Å². The van der Waals surface area contributed by atoms with Crippen LogP contribution in [0.1, 0.15) is 104 Å². The molecule has 1 aromatic heterocycles. The van der Waals surface area contributed by atoms with Crippen LogP contribution in [0.3, 0.4) is 0 Å². The predicted octanol–water partition coefficient (Wildman–Crippen LogP) is 5.06. The third kappa shape index (κ3) is 5.13. The van der Waals surface area contributed by atoms with Crippen molar-refractivity contribution in [2.24, 2.45) is 23.2 Å². The average Bonchev–Trinajstić information content (AvgIpc) is 3.43. The third-order valence-electron chi connectivity index (χ3n) is 11.5. The molecular formula is C35H49N3O5. The van der Waals surface area contributed by atoms with Crippen molar-refractivity contribution < 1.29 is 15.3 Å². The quantitative estimate of drug-likeness (QED) is 0.390. The van der Waals surface area contributed by atoms with E-state index in [1.54, 1.807) is 21.5 Å². The highest BCUT2D eigenvalue weighted by molar-refractivity contribution is 5.37. The van der Waals surface area contributed by atoms with Crippen LogP contribution in [0.25, 0.3) is 5.69 Å². The van der Waals surface area contributed by atoms with Gasteiger partial charge in [0.15, 0.2) is 0 Å². The smallest absolute Gasteiger partial charge is 0.352 e. The number of aliphatic hydroxyl groups is 3. The summed E-state index contributed by atoms with van der Waals surface area (Å²) in [6.45, 7) is 10.5. The van der Waals surface area contributed by atoms with Crippen LogP contribution in [0.4, 0.5) is 0 Å². The number of fused-ring (bicyclic) bond motifs is 5. The van der Waals surface area contributed by atoms with Gasteiger partial charge in [0.25, 0.3) is 0 Å². The van der Waals surface area contributed by atoms with Gasteiger partial charge in [-0.1, -0.05) is 51.0 Å². The number of para-hydroxylation sites is 1. The number of aliphatic hydroxyl groups excluding tert-OH is 2. The maximum Gasteiger partial charge on any atom is 0.352 e. The van der Waals surface area contributed by atoms with E-state index < -0.39 is 23.9 Å². The summed E-state index contributed by atoms with van der Waals surface area (Å²) in [5.74, 6) is 1.38. The molecule has 6 rings (SSSR count). The first-order valence-electron chi connectivity index (χ1n) is 16.3. The normalized spacial score (nSPS) is 33.1. The highest BCUT2D eigenvalue weighted by Crippen LogP contribution is 2.62. The van der Waals surface area contributed by atoms with Crippen molar-refractivity contribution in [3.05, 3.63) is 74.1 Å². The summed E-state index contributed by atoms with van der Waals surface area (Å²) in [6, 6.07) is 8.38. The molecule has 43 heavy (non-hydrogen) atoms. The molecule has 8 atom stereocenters. The van der Waals surface area contributed by atoms with E-state index >= 15 is 0 Å². The second-order valence-corrected chi connectivity index (χ2v) is 14.8. The van der Waals surface area contributed by atoms with Gasteiger partial charge in [0.05, 0.1) is 35.6 Å². The van der Waals surface area contributed by atoms with Gasteiger partial charge in [-0.3, -0.25) is 0 Å². The zero-order chi connectivity index (χ0) is 30.8. The molecule has 8 heteroatoms. The Labute approximate surface area is 254 Å². The summed E-state index contributed by atoms with van der Waals surface area (Å²) in [5.41, 5.74) is 2.13. The van der Waals surface area contributed by atoms with Gasteiger partial charge in [-0.25, -0.2) is 23.5 Å². The Balaban J connectivity index is 1.44. The molecule has 1 aliphatic heterocycles. The van der Waals surface area contributed by atoms with E-state index in [9.17, 15) is 24.9 Å². The van der Waals surface area contributed by atoms with E-state index in [4.69, 9.17) is 0 Å². The highest BCUT2D eigenvalue weighted by atomic mass is 16.3. The maximum absolute atomic E-state index is 14.2. The van der Waals surface area contributed by atoms with E-state index in [0.717, 1.165) is 56.1 Å². The summed E-state index contributed by atoms with van der Waals surface area (Å²) in [5, 5.41) is 31.8. The number of nitrogens with zero attached hydrogens (tertiary/aromatic N) is 3. The minimum absolute atomic E-state index is 0.0874. The molecule has 8 nitrogen and oxygen atoms in total. The molecule has 3 aliphatic carbocycles. The fraction of sp³-hybridized carbons (Fsp3) is 0.657. The predicted molar refractivity (Wildman–Crippen MR) is 167 cm³/mol. The topological polar surface area (TPSA) is 110 Å². The SMILES string of the molecule is CC1=C([C@@H]2C=C3[C@@H](CC[C@]4(C)[C@@H]([C@H](C)CCCC(C)(C)O)CC[C@@H]34)n3c(=O)n(-c4ccccc4)c(=O)n32)C[C@@H](O)C[C@@H]1O. The Bertz CT molecular complexity index is 1540. The minimum Gasteiger partial charge on any atom is -0.393 e. The highest BCUT2D eigenvalue weighted by Gasteiger charge is 2.55. The summed E-state index contributed by atoms with van der Waals surface area (Å²) >= 11 is 0. The maximum atomic E-state index is 14.2. The number of hydrogen-bond acceptors (Lipinski definition) is 5. The van der Waals surface area contributed by atoms with Crippen molar-refractivity contribution in [3.8, 4) is 5.69 Å². The van der Waals surface area contributed by atoms with E-state index in [1.807, 2.05) is 39.0 Å². The van der Waals surface area contributed by atoms with E-state index in [2.05, 4.69) is 19.9 Å². The molecule has 0 spiro atoms. The molecular weight excluding hydrogens is 542 g/mol. The molecule has 0 amide bonds. The van der Waals surface area contributed by atoms with Crippen LogP contribution in [0.5, 0.6) is 0 Å². The van der Waals surface area contributed by atoms with Crippen LogP contribution in [-0.4, -0.2) is 47.1 Å². The van der Waals surface area contributed by atoms with Crippen molar-refractivity contribution in [2.75, 3.05) is 0 Å². The molecule has 3 N–H and O–H groups in total. The van der Waals surface area contributed by atoms with Crippen molar-refractivity contribution in [1.82, 2.24) is 13.9 Å². The molecule has 234 valence electrons. The van der Waals surface area contributed by atoms with Crippen LogP contribution >= 0.6 is 0 Å². The minimum atomic E-state index is -0.779. The largest absolute Gasteiger partial charge is 0.393 e. The lowest BCUT2D eigenvalue weighted by Gasteiger charge is -2.49. The van der Waals surface area contributed by atoms with Gasteiger partial charge in [0.2, 0.25) is 0 Å². The monoisotopic (exact) mass is 591 g/mol. The Morgan fingerprint density at radius 2 is 1.74 bits per heavy atom. The summed E-state index contributed by atoms with van der Waals surface area (Å²) < 4.78 is 4.61. The van der Waals surface area contributed by atoms with E-state index in [-0.39, 0.29) is 29.3 Å². The van der Waals surface area contributed by atoms with Crippen LogP contribution in [0.15, 0.2) is 62.7 Å². The second-order valence-electron chi connectivity index (χ2n) is 14.8. The number of rotatable bonds is 7. The molecule has 2 saturated carbocycles. The van der Waals surface area contributed by atoms with Crippen LogP contribution in [0.2, 0.25) is 0 Å². The van der Waals surface area contributed by atoms with Gasteiger partial charge >= 0.3 is 11.4 Å². The molecule has 0 saturated heterocycles. The van der Waals surface area contributed by atoms with Crippen molar-refractivity contribution in [1.29, 1.82) is 0 Å². The van der Waals surface area contributed by atoms with Crippen LogP contribution in [-0.2, 0) is 0 Å². The van der Waals surface area contributed by atoms with Gasteiger partial charge in [-0.05, 0) is 111 Å². The van der Waals surface area contributed by atoms with Gasteiger partial charge in [-0.2, -0.15) is 0 Å². The zero-order valence-electron chi connectivity index (χ0n) is 26.4. The fourth-order valence-corrected chi connectivity index (χ4v) is 9.31. The lowest BCUT2D eigenvalue weighted by molar-refractivity contribution is 0.0538. The lowest BCUT2D eigenvalue weighted by Crippen LogP contribution is -2.46. The number of benzene rings is 1. The third-order valence-corrected chi connectivity index (χ3v) is 11.5. The first-order valence-corrected chi connectivity index (χ1v) is 16.3. The summed E-state index contributed by atoms with van der Waals surface area (Å²) in [6.07, 6.45) is 8.24. The first kappa shape index (κ1) is 30.4. The number of hydrogen-bond donors (Lipinski definition) is 3. The second kappa shape index (κ2) is 11.0. The standard InChI is InChI=1S/C35H49N3O5/c1-21(10-9-16-34(3,4)43)27-13-14-28-26-20-30(25-18-24(39)19-31(40)22(25)2)38-33(42)36(23-11-7-6-8-12-23)32(41)37(38)29(26)15-17-35(27,28)5/h6-8,11-12,20-21,24,27-31,39-40,43H,9-10,13-19H2,1-5H3/t21-,24-,27-,28+,29-,30+,31+,35-/m1/s1. The Kier molecular flexibility index (Phi) is 7.79. The van der Waals surface area contributed by atoms with Gasteiger partial charge in [0, 0.05) is 6.42 Å². The summed E-state index contributed by atoms with van der Waals surface area (Å²) in [4.78, 5) is 28.4. The molecule has 0 bridgehead atoms. The molecule has 1 aromatic carbocycles. The van der Waals surface area contributed by atoms with Crippen molar-refractivity contribution in [3.63, 3.8) is 0 Å². The molecule has 2 heterocycles. The molecule has 4 aliphatic rings. The molecule has 0 unspecified atom stereocenters. The summed E-state index contributed by atoms with van der Waals surface area (Å²) in [7, 11) is 0. The zero-order valence-corrected chi connectivity index (χ0v) is 26.4. The van der Waals surface area contributed by atoms with Gasteiger partial charge in [-0.15, -0.1) is 0 Å². The Morgan fingerprint density at radius 1 is 1.05 bits per heavy atom. The van der Waals surface area contributed by atoms with Gasteiger partial charge in [0.1, 0.15) is 0 Å². The van der Waals surface area contributed by atoms with Gasteiger partial charge < -0.3 is 15.3 Å². The number of allylic oxidation sites excluding steroid dienone is 2. The fourth-order valence-electron chi connectivity index (χ4n) is 9.31. The molecule has 0 radical (unpaired) electrons. The van der Waals surface area contributed by atoms with Crippen molar-refractivity contribution >= 4 is 0 Å². The first-order chi connectivity index (χ1) is 20.3. The Morgan fingerprint density at radius 3 is 2.44 bits per heavy atom. The van der Waals surface area contributed by atoms with Crippen LogP contribution in [0, 0.1) is 23.2 Å². The van der Waals surface area contributed by atoms with Crippen molar-refractivity contribution in [2.45, 2.75) is 122 Å². The lowest BCUT2D eigenvalue weighted by atomic mass is 9.59. The molecule has 2 aromatic rings. The Hall–Kier alpha value is -2.68. The average molecular weight is 592 g/mol. The van der Waals surface area contributed by atoms with E-state index in [0.29, 0.717) is 29.9 Å².